The van der Waals surface area contributed by atoms with Crippen LogP contribution in [0.25, 0.3) is 0 Å². The number of hydrogen-bond acceptors (Lipinski definition) is 3. The molecule has 80 valence electrons. The van der Waals surface area contributed by atoms with Gasteiger partial charge >= 0.3 is 6.36 Å². The maximum atomic E-state index is 11.8. The summed E-state index contributed by atoms with van der Waals surface area (Å²) in [5.74, 6) is -0.786. The van der Waals surface area contributed by atoms with Crippen LogP contribution >= 0.6 is 15.9 Å². The summed E-state index contributed by atoms with van der Waals surface area (Å²) in [4.78, 5) is 13.2. The van der Waals surface area contributed by atoms with Crippen molar-refractivity contribution in [2.45, 2.75) is 6.36 Å². The second-order valence-electron chi connectivity index (χ2n) is 2.33. The molecule has 1 aromatic rings. The summed E-state index contributed by atoms with van der Waals surface area (Å²) in [6.45, 7) is 0. The first-order valence-corrected chi connectivity index (χ1v) is 4.21. The number of nitrogens with one attached hydrogen (secondary N) is 1. The topological polar surface area (TPSA) is 65.9 Å². The van der Waals surface area contributed by atoms with Crippen molar-refractivity contribution in [3.05, 3.63) is 26.5 Å². The van der Waals surface area contributed by atoms with Gasteiger partial charge in [0.2, 0.25) is 11.3 Å². The third kappa shape index (κ3) is 2.73. The van der Waals surface area contributed by atoms with Gasteiger partial charge in [-0.1, -0.05) is 0 Å². The molecule has 0 spiro atoms. The largest absolute Gasteiger partial charge is 0.574 e. The Hall–Kier alpha value is -1.49. The number of alkyl halides is 3. The van der Waals surface area contributed by atoms with Crippen molar-refractivity contribution < 1.29 is 17.9 Å². The number of halogens is 4. The zero-order valence-electron chi connectivity index (χ0n) is 6.85. The molecule has 15 heavy (non-hydrogen) atoms. The molecular formula is C7H2BrF3N2O2. The maximum Gasteiger partial charge on any atom is 0.574 e. The Labute approximate surface area is 89.4 Å². The van der Waals surface area contributed by atoms with Gasteiger partial charge in [-0.2, -0.15) is 5.26 Å². The molecule has 0 aliphatic carbocycles. The molecule has 1 heterocycles. The van der Waals surface area contributed by atoms with E-state index in [2.05, 4.69) is 20.7 Å². The van der Waals surface area contributed by atoms with Crippen LogP contribution in [0.1, 0.15) is 5.56 Å². The number of ether oxygens (including phenoxy) is 1. The molecule has 8 heteroatoms. The molecule has 0 aliphatic rings. The lowest BCUT2D eigenvalue weighted by Gasteiger charge is -2.09. The number of hydrogen-bond donors (Lipinski definition) is 1. The van der Waals surface area contributed by atoms with E-state index in [9.17, 15) is 18.0 Å². The molecule has 1 N–H and O–H groups in total. The highest BCUT2D eigenvalue weighted by molar-refractivity contribution is 9.10. The van der Waals surface area contributed by atoms with Crippen molar-refractivity contribution in [2.75, 3.05) is 0 Å². The molecule has 1 rings (SSSR count). The van der Waals surface area contributed by atoms with E-state index in [1.54, 1.807) is 0 Å². The van der Waals surface area contributed by atoms with E-state index in [-0.39, 0.29) is 5.56 Å². The smallest absolute Gasteiger partial charge is 0.389 e. The Morgan fingerprint density at radius 1 is 1.53 bits per heavy atom. The molecule has 0 unspecified atom stereocenters. The second kappa shape index (κ2) is 3.94. The van der Waals surface area contributed by atoms with E-state index in [1.807, 2.05) is 4.98 Å². The summed E-state index contributed by atoms with van der Waals surface area (Å²) in [5.41, 5.74) is -1.17. The molecule has 0 aliphatic heterocycles. The quantitative estimate of drug-likeness (QED) is 0.856. The minimum atomic E-state index is -4.90. The number of nitrogens with zero attached hydrogens (tertiary/aromatic N) is 1. The van der Waals surface area contributed by atoms with E-state index >= 15 is 0 Å². The number of aromatic nitrogens is 1. The first kappa shape index (κ1) is 11.6. The summed E-state index contributed by atoms with van der Waals surface area (Å²) >= 11 is 2.60. The number of pyridine rings is 1. The molecular weight excluding hydrogens is 281 g/mol. The molecule has 4 nitrogen and oxygen atoms in total. The normalized spacial score (nSPS) is 10.9. The fraction of sp³-hybridized carbons (Fsp3) is 0.143. The zero-order valence-corrected chi connectivity index (χ0v) is 8.44. The first-order chi connectivity index (χ1) is 6.85. The minimum absolute atomic E-state index is 0.309. The molecule has 0 aromatic carbocycles. The molecule has 0 radical (unpaired) electrons. The van der Waals surface area contributed by atoms with Gasteiger partial charge in [0.1, 0.15) is 16.1 Å². The van der Waals surface area contributed by atoms with E-state index in [0.29, 0.717) is 0 Å². The van der Waals surface area contributed by atoms with Crippen LogP contribution in [0.2, 0.25) is 0 Å². The van der Waals surface area contributed by atoms with Gasteiger partial charge in [0.05, 0.1) is 0 Å². The lowest BCUT2D eigenvalue weighted by atomic mass is 10.3. The lowest BCUT2D eigenvalue weighted by molar-refractivity contribution is -0.276. The summed E-state index contributed by atoms with van der Waals surface area (Å²) in [7, 11) is 0. The zero-order chi connectivity index (χ0) is 11.6. The summed E-state index contributed by atoms with van der Waals surface area (Å²) in [5, 5.41) is 8.41. The van der Waals surface area contributed by atoms with Crippen LogP contribution in [0.3, 0.4) is 0 Å². The highest BCUT2D eigenvalue weighted by atomic mass is 79.9. The van der Waals surface area contributed by atoms with E-state index in [4.69, 9.17) is 5.26 Å². The van der Waals surface area contributed by atoms with Crippen molar-refractivity contribution in [1.82, 2.24) is 4.98 Å². The number of aromatic amines is 1. The van der Waals surface area contributed by atoms with Crippen molar-refractivity contribution in [3.8, 4) is 11.9 Å². The minimum Gasteiger partial charge on any atom is -0.389 e. The van der Waals surface area contributed by atoms with Crippen molar-refractivity contribution in [1.29, 1.82) is 5.26 Å². The van der Waals surface area contributed by atoms with Crippen LogP contribution in [-0.4, -0.2) is 11.3 Å². The highest BCUT2D eigenvalue weighted by Crippen LogP contribution is 2.25. The maximum absolute atomic E-state index is 11.8. The molecule has 0 saturated carbocycles. The Kier molecular flexibility index (Phi) is 3.04. The van der Waals surface area contributed by atoms with Crippen LogP contribution in [-0.2, 0) is 0 Å². The van der Waals surface area contributed by atoms with Crippen LogP contribution in [0.15, 0.2) is 15.5 Å². The van der Waals surface area contributed by atoms with E-state index in [1.165, 1.54) is 6.07 Å². The van der Waals surface area contributed by atoms with Gasteiger partial charge in [-0.05, 0) is 15.9 Å². The number of H-pyrrole nitrogens is 1. The second-order valence-corrected chi connectivity index (χ2v) is 3.13. The first-order valence-electron chi connectivity index (χ1n) is 3.42. The number of rotatable bonds is 1. The fourth-order valence-electron chi connectivity index (χ4n) is 0.761. The predicted octanol–water partition coefficient (Wildman–Crippen LogP) is 1.91. The Balaban J connectivity index is 3.21. The third-order valence-corrected chi connectivity index (χ3v) is 2.05. The molecule has 0 bridgehead atoms. The van der Waals surface area contributed by atoms with Gasteiger partial charge < -0.3 is 9.72 Å². The lowest BCUT2D eigenvalue weighted by Crippen LogP contribution is -2.20. The van der Waals surface area contributed by atoms with E-state index in [0.717, 1.165) is 6.20 Å². The van der Waals surface area contributed by atoms with Gasteiger partial charge in [0, 0.05) is 6.20 Å². The van der Waals surface area contributed by atoms with Gasteiger partial charge in [-0.15, -0.1) is 13.2 Å². The Morgan fingerprint density at radius 3 is 2.60 bits per heavy atom. The molecule has 0 amide bonds. The van der Waals surface area contributed by atoms with Crippen LogP contribution in [0, 0.1) is 11.3 Å². The van der Waals surface area contributed by atoms with Gasteiger partial charge in [0.25, 0.3) is 0 Å². The summed E-state index contributed by atoms with van der Waals surface area (Å²) in [6.07, 6.45) is -4.06. The fourth-order valence-corrected chi connectivity index (χ4v) is 1.17. The van der Waals surface area contributed by atoms with Crippen molar-refractivity contribution >= 4 is 15.9 Å². The molecule has 0 atom stereocenters. The van der Waals surface area contributed by atoms with Crippen LogP contribution < -0.4 is 10.2 Å². The Bertz CT molecular complexity index is 475. The average molecular weight is 283 g/mol. The molecule has 1 aromatic heterocycles. The number of nitriles is 1. The van der Waals surface area contributed by atoms with E-state index < -0.39 is 22.1 Å². The standard InChI is InChI=1S/C7H2BrF3N2O2/c8-4-5(14)3(1-12)2-13-6(4)15-7(9,10)11/h2H,(H,13,14). The summed E-state index contributed by atoms with van der Waals surface area (Å²) in [6, 6.07) is 1.52. The SMILES string of the molecule is N#Cc1c[nH]c(OC(F)(F)F)c(Br)c1=O. The predicted molar refractivity (Wildman–Crippen MR) is 46.2 cm³/mol. The van der Waals surface area contributed by atoms with Crippen molar-refractivity contribution in [2.24, 2.45) is 0 Å². The molecule has 0 saturated heterocycles. The van der Waals surface area contributed by atoms with Crippen LogP contribution in [0.4, 0.5) is 13.2 Å². The van der Waals surface area contributed by atoms with Gasteiger partial charge in [-0.25, -0.2) is 0 Å². The van der Waals surface area contributed by atoms with Crippen molar-refractivity contribution in [3.63, 3.8) is 0 Å². The highest BCUT2D eigenvalue weighted by Gasteiger charge is 2.33. The van der Waals surface area contributed by atoms with Crippen LogP contribution in [0.5, 0.6) is 5.88 Å². The van der Waals surface area contributed by atoms with Gasteiger partial charge in [-0.3, -0.25) is 4.79 Å². The Morgan fingerprint density at radius 2 is 2.13 bits per heavy atom. The monoisotopic (exact) mass is 282 g/mol. The average Bonchev–Trinajstić information content (AvgIpc) is 2.11. The van der Waals surface area contributed by atoms with Gasteiger partial charge in [0.15, 0.2) is 0 Å². The molecule has 0 fully saturated rings. The summed E-state index contributed by atoms with van der Waals surface area (Å²) < 4.78 is 38.4. The third-order valence-electron chi connectivity index (χ3n) is 1.33.